The molecule has 1 aliphatic heterocycles. The van der Waals surface area contributed by atoms with Crippen LogP contribution in [0.5, 0.6) is 0 Å². The number of hydrogen-bond donors (Lipinski definition) is 0. The van der Waals surface area contributed by atoms with E-state index in [0.29, 0.717) is 20.9 Å². The highest BCUT2D eigenvalue weighted by atomic mass is 32.1. The number of fused-ring (bicyclic) bond motifs is 2. The van der Waals surface area contributed by atoms with Gasteiger partial charge in [-0.05, 0) is 18.9 Å². The van der Waals surface area contributed by atoms with E-state index in [-0.39, 0.29) is 5.56 Å². The van der Waals surface area contributed by atoms with E-state index in [0.717, 1.165) is 37.2 Å². The lowest BCUT2D eigenvalue weighted by Crippen LogP contribution is -2.28. The van der Waals surface area contributed by atoms with E-state index >= 15 is 0 Å². The summed E-state index contributed by atoms with van der Waals surface area (Å²) in [6.45, 7) is 0.721. The lowest BCUT2D eigenvalue weighted by atomic mass is 10.1. The van der Waals surface area contributed by atoms with Crippen LogP contribution in [0.2, 0.25) is 0 Å². The van der Waals surface area contributed by atoms with E-state index in [1.165, 1.54) is 11.3 Å². The summed E-state index contributed by atoms with van der Waals surface area (Å²) in [5.41, 5.74) is 1.68. The summed E-state index contributed by atoms with van der Waals surface area (Å²) in [7, 11) is 0. The minimum absolute atomic E-state index is 0.0587. The van der Waals surface area contributed by atoms with Crippen molar-refractivity contribution >= 4 is 21.7 Å². The Morgan fingerprint density at radius 1 is 1.23 bits per heavy atom. The molecule has 4 rings (SSSR count). The van der Waals surface area contributed by atoms with Crippen LogP contribution in [0, 0.1) is 11.3 Å². The highest BCUT2D eigenvalue weighted by Crippen LogP contribution is 2.30. The van der Waals surface area contributed by atoms with Crippen LogP contribution in [0.3, 0.4) is 0 Å². The molecule has 0 amide bonds. The minimum Gasteiger partial charge on any atom is -0.295 e. The van der Waals surface area contributed by atoms with Crippen molar-refractivity contribution in [3.8, 4) is 16.6 Å². The zero-order valence-electron chi connectivity index (χ0n) is 11.7. The first-order valence-electron chi connectivity index (χ1n) is 7.17. The normalized spacial score (nSPS) is 13.8. The van der Waals surface area contributed by atoms with E-state index in [9.17, 15) is 10.1 Å². The molecule has 0 saturated heterocycles. The molecule has 108 valence electrons. The van der Waals surface area contributed by atoms with Crippen LogP contribution in [0.15, 0.2) is 29.1 Å². The molecule has 0 spiro atoms. The quantitative estimate of drug-likeness (QED) is 0.693. The molecule has 0 N–H and O–H groups in total. The highest BCUT2D eigenvalue weighted by molar-refractivity contribution is 7.21. The van der Waals surface area contributed by atoms with Gasteiger partial charge in [0, 0.05) is 18.5 Å². The minimum atomic E-state index is -0.0587. The standard InChI is InChI=1S/C16H12N4OS/c17-9-10-5-1-2-6-11(10)14-19-13-15(22-14)18-12-7-3-4-8-20(12)16(13)21/h1-2,5-6H,3-4,7-8H2. The van der Waals surface area contributed by atoms with Gasteiger partial charge in [-0.2, -0.15) is 5.26 Å². The first-order chi connectivity index (χ1) is 10.8. The number of rotatable bonds is 1. The smallest absolute Gasteiger partial charge is 0.280 e. The van der Waals surface area contributed by atoms with Crippen molar-refractivity contribution in [3.63, 3.8) is 0 Å². The number of nitrogens with zero attached hydrogens (tertiary/aromatic N) is 4. The van der Waals surface area contributed by atoms with Crippen LogP contribution in [0.4, 0.5) is 0 Å². The third-order valence-electron chi connectivity index (χ3n) is 3.91. The molecule has 3 aromatic rings. The fourth-order valence-corrected chi connectivity index (χ4v) is 3.80. The first kappa shape index (κ1) is 13.2. The average molecular weight is 308 g/mol. The maximum Gasteiger partial charge on any atom is 0.280 e. The lowest BCUT2D eigenvalue weighted by molar-refractivity contribution is 0.501. The molecule has 2 aromatic heterocycles. The molecule has 1 aromatic carbocycles. The van der Waals surface area contributed by atoms with Crippen molar-refractivity contribution in [2.75, 3.05) is 0 Å². The van der Waals surface area contributed by atoms with E-state index < -0.39 is 0 Å². The fourth-order valence-electron chi connectivity index (χ4n) is 2.81. The van der Waals surface area contributed by atoms with Gasteiger partial charge in [0.05, 0.1) is 11.6 Å². The summed E-state index contributed by atoms with van der Waals surface area (Å²) in [4.78, 5) is 22.3. The van der Waals surface area contributed by atoms with Crippen molar-refractivity contribution in [2.45, 2.75) is 25.8 Å². The van der Waals surface area contributed by atoms with Crippen LogP contribution in [-0.4, -0.2) is 14.5 Å². The topological polar surface area (TPSA) is 71.6 Å². The number of benzene rings is 1. The molecule has 0 radical (unpaired) electrons. The molecule has 22 heavy (non-hydrogen) atoms. The Kier molecular flexibility index (Phi) is 3.01. The average Bonchev–Trinajstić information content (AvgIpc) is 2.99. The van der Waals surface area contributed by atoms with Crippen LogP contribution in [0.25, 0.3) is 20.9 Å². The van der Waals surface area contributed by atoms with Crippen molar-refractivity contribution < 1.29 is 0 Å². The Bertz CT molecular complexity index is 980. The van der Waals surface area contributed by atoms with Gasteiger partial charge in [-0.3, -0.25) is 9.36 Å². The van der Waals surface area contributed by atoms with Gasteiger partial charge in [-0.1, -0.05) is 29.5 Å². The summed E-state index contributed by atoms with van der Waals surface area (Å²) >= 11 is 1.38. The molecule has 0 bridgehead atoms. The summed E-state index contributed by atoms with van der Waals surface area (Å²) in [6, 6.07) is 9.47. The molecule has 6 heteroatoms. The number of hydrogen-bond acceptors (Lipinski definition) is 5. The Morgan fingerprint density at radius 3 is 2.95 bits per heavy atom. The fraction of sp³-hybridized carbons (Fsp3) is 0.250. The van der Waals surface area contributed by atoms with Crippen molar-refractivity contribution in [1.82, 2.24) is 14.5 Å². The summed E-state index contributed by atoms with van der Waals surface area (Å²) in [6.07, 6.45) is 2.92. The van der Waals surface area contributed by atoms with Gasteiger partial charge in [0.2, 0.25) is 0 Å². The Labute approximate surface area is 130 Å². The van der Waals surface area contributed by atoms with Crippen molar-refractivity contribution in [2.24, 2.45) is 0 Å². The molecule has 0 aliphatic carbocycles. The molecule has 5 nitrogen and oxygen atoms in total. The van der Waals surface area contributed by atoms with Crippen molar-refractivity contribution in [3.05, 3.63) is 46.0 Å². The van der Waals surface area contributed by atoms with Gasteiger partial charge in [0.25, 0.3) is 5.56 Å². The Morgan fingerprint density at radius 2 is 2.09 bits per heavy atom. The van der Waals surface area contributed by atoms with Gasteiger partial charge in [-0.25, -0.2) is 9.97 Å². The lowest BCUT2D eigenvalue weighted by Gasteiger charge is -2.16. The van der Waals surface area contributed by atoms with Gasteiger partial charge in [0.15, 0.2) is 10.3 Å². The summed E-state index contributed by atoms with van der Waals surface area (Å²) < 4.78 is 1.74. The molecular weight excluding hydrogens is 296 g/mol. The van der Waals surface area contributed by atoms with Crippen LogP contribution >= 0.6 is 11.3 Å². The van der Waals surface area contributed by atoms with E-state index in [1.807, 2.05) is 18.2 Å². The molecular formula is C16H12N4OS. The predicted molar refractivity (Wildman–Crippen MR) is 84.8 cm³/mol. The third kappa shape index (κ3) is 1.94. The second kappa shape index (κ2) is 5.04. The Hall–Kier alpha value is -2.52. The first-order valence-corrected chi connectivity index (χ1v) is 7.99. The highest BCUT2D eigenvalue weighted by Gasteiger charge is 2.19. The van der Waals surface area contributed by atoms with E-state index in [4.69, 9.17) is 0 Å². The van der Waals surface area contributed by atoms with Gasteiger partial charge in [0.1, 0.15) is 10.8 Å². The zero-order valence-corrected chi connectivity index (χ0v) is 12.6. The maximum absolute atomic E-state index is 12.6. The van der Waals surface area contributed by atoms with Crippen LogP contribution < -0.4 is 5.56 Å². The van der Waals surface area contributed by atoms with Gasteiger partial charge >= 0.3 is 0 Å². The summed E-state index contributed by atoms with van der Waals surface area (Å²) in [5.74, 6) is 0.854. The molecule has 3 heterocycles. The van der Waals surface area contributed by atoms with Gasteiger partial charge < -0.3 is 0 Å². The van der Waals surface area contributed by atoms with E-state index in [1.54, 1.807) is 10.6 Å². The molecule has 0 atom stereocenters. The third-order valence-corrected chi connectivity index (χ3v) is 4.89. The molecule has 0 unspecified atom stereocenters. The zero-order chi connectivity index (χ0) is 15.1. The second-order valence-corrected chi connectivity index (χ2v) is 6.25. The Balaban J connectivity index is 1.97. The number of aryl methyl sites for hydroxylation is 1. The second-order valence-electron chi connectivity index (χ2n) is 5.27. The summed E-state index contributed by atoms with van der Waals surface area (Å²) in [5, 5.41) is 9.91. The molecule has 1 aliphatic rings. The monoisotopic (exact) mass is 308 g/mol. The van der Waals surface area contributed by atoms with E-state index in [2.05, 4.69) is 16.0 Å². The number of nitriles is 1. The van der Waals surface area contributed by atoms with Crippen LogP contribution in [0.1, 0.15) is 24.2 Å². The largest absolute Gasteiger partial charge is 0.295 e. The maximum atomic E-state index is 12.6. The predicted octanol–water partition coefficient (Wildman–Crippen LogP) is 2.73. The van der Waals surface area contributed by atoms with Crippen LogP contribution in [-0.2, 0) is 13.0 Å². The SMILES string of the molecule is N#Cc1ccccc1-c1nc2c(=O)n3c(nc2s1)CCCC3. The van der Waals surface area contributed by atoms with Crippen molar-refractivity contribution in [1.29, 1.82) is 5.26 Å². The molecule has 0 fully saturated rings. The number of thiazole rings is 1. The number of aromatic nitrogens is 3. The van der Waals surface area contributed by atoms with Gasteiger partial charge in [-0.15, -0.1) is 0 Å². The molecule has 0 saturated carbocycles.